The van der Waals surface area contributed by atoms with Gasteiger partial charge in [0, 0.05) is 36.3 Å². The van der Waals surface area contributed by atoms with E-state index in [-0.39, 0.29) is 0 Å². The Hall–Kier alpha value is -1.65. The lowest BCUT2D eigenvalue weighted by Gasteiger charge is -2.37. The summed E-state index contributed by atoms with van der Waals surface area (Å²) in [6.07, 6.45) is 4.81. The van der Waals surface area contributed by atoms with Gasteiger partial charge in [-0.15, -0.1) is 0 Å². The summed E-state index contributed by atoms with van der Waals surface area (Å²) in [4.78, 5) is 2.58. The summed E-state index contributed by atoms with van der Waals surface area (Å²) in [5, 5.41) is 4.25. The molecule has 2 aliphatic heterocycles. The Kier molecular flexibility index (Phi) is 3.28. The van der Waals surface area contributed by atoms with E-state index in [9.17, 15) is 0 Å². The Bertz CT molecular complexity index is 596. The Morgan fingerprint density at radius 1 is 1.14 bits per heavy atom. The van der Waals surface area contributed by atoms with Crippen molar-refractivity contribution in [3.63, 3.8) is 0 Å². The van der Waals surface area contributed by atoms with E-state index in [4.69, 9.17) is 10.3 Å². The Morgan fingerprint density at radius 2 is 1.86 bits per heavy atom. The van der Waals surface area contributed by atoms with Crippen molar-refractivity contribution in [1.82, 2.24) is 10.1 Å². The van der Waals surface area contributed by atoms with Crippen LogP contribution in [0.15, 0.2) is 40.9 Å². The average Bonchev–Trinajstić information content (AvgIpc) is 3.05. The van der Waals surface area contributed by atoms with E-state index in [0.29, 0.717) is 18.1 Å². The van der Waals surface area contributed by atoms with Crippen molar-refractivity contribution in [3.05, 3.63) is 42.1 Å². The molecule has 0 radical (unpaired) electrons. The maximum absolute atomic E-state index is 6.13. The largest absolute Gasteiger partial charge is 0.356 e. The third-order valence-electron chi connectivity index (χ3n) is 4.88. The van der Waals surface area contributed by atoms with Crippen LogP contribution in [0.2, 0.25) is 0 Å². The molecule has 0 spiro atoms. The number of nitrogens with zero attached hydrogens (tertiary/aromatic N) is 2. The number of fused-ring (bicyclic) bond motifs is 2. The fraction of sp³-hybridized carbons (Fsp3) is 0.471. The molecule has 4 heteroatoms. The first-order valence-corrected chi connectivity index (χ1v) is 7.82. The monoisotopic (exact) mass is 283 g/mol. The van der Waals surface area contributed by atoms with Crippen LogP contribution in [-0.4, -0.2) is 28.2 Å². The molecule has 3 heterocycles. The fourth-order valence-electron chi connectivity index (χ4n) is 3.89. The number of rotatable bonds is 3. The molecule has 2 fully saturated rings. The van der Waals surface area contributed by atoms with Crippen LogP contribution in [-0.2, 0) is 6.54 Å². The summed E-state index contributed by atoms with van der Waals surface area (Å²) in [7, 11) is 0. The lowest BCUT2D eigenvalue weighted by atomic mass is 9.98. The lowest BCUT2D eigenvalue weighted by Crippen LogP contribution is -2.46. The van der Waals surface area contributed by atoms with Gasteiger partial charge in [0.05, 0.1) is 5.69 Å². The summed E-state index contributed by atoms with van der Waals surface area (Å²) in [5.41, 5.74) is 8.24. The minimum atomic E-state index is 0.385. The van der Waals surface area contributed by atoms with Gasteiger partial charge in [-0.25, -0.2) is 0 Å². The van der Waals surface area contributed by atoms with Crippen LogP contribution in [0.3, 0.4) is 0 Å². The zero-order chi connectivity index (χ0) is 14.2. The lowest BCUT2D eigenvalue weighted by molar-refractivity contribution is 0.117. The van der Waals surface area contributed by atoms with Crippen molar-refractivity contribution >= 4 is 0 Å². The first kappa shape index (κ1) is 13.0. The van der Waals surface area contributed by atoms with Crippen molar-refractivity contribution in [1.29, 1.82) is 0 Å². The summed E-state index contributed by atoms with van der Waals surface area (Å²) >= 11 is 0. The molecule has 21 heavy (non-hydrogen) atoms. The molecule has 4 nitrogen and oxygen atoms in total. The second-order valence-electron chi connectivity index (χ2n) is 6.34. The number of piperidine rings is 1. The predicted molar refractivity (Wildman–Crippen MR) is 81.5 cm³/mol. The molecule has 110 valence electrons. The maximum Gasteiger partial charge on any atom is 0.167 e. The van der Waals surface area contributed by atoms with Gasteiger partial charge in [-0.3, -0.25) is 4.90 Å². The zero-order valence-electron chi connectivity index (χ0n) is 12.1. The minimum absolute atomic E-state index is 0.385. The molecule has 2 N–H and O–H groups in total. The highest BCUT2D eigenvalue weighted by molar-refractivity contribution is 5.56. The van der Waals surface area contributed by atoms with E-state index in [2.05, 4.69) is 16.1 Å². The number of hydrogen-bond acceptors (Lipinski definition) is 4. The smallest absolute Gasteiger partial charge is 0.167 e. The van der Waals surface area contributed by atoms with E-state index >= 15 is 0 Å². The molecule has 0 amide bonds. The van der Waals surface area contributed by atoms with Crippen LogP contribution >= 0.6 is 0 Å². The molecule has 2 bridgehead atoms. The van der Waals surface area contributed by atoms with E-state index in [1.165, 1.54) is 12.8 Å². The Morgan fingerprint density at radius 3 is 2.57 bits per heavy atom. The van der Waals surface area contributed by atoms with E-state index in [1.807, 2.05) is 30.3 Å². The van der Waals surface area contributed by atoms with Crippen molar-refractivity contribution in [2.45, 2.75) is 50.4 Å². The Labute approximate surface area is 124 Å². The van der Waals surface area contributed by atoms with Gasteiger partial charge < -0.3 is 10.3 Å². The second kappa shape index (κ2) is 5.28. The van der Waals surface area contributed by atoms with Gasteiger partial charge in [-0.2, -0.15) is 0 Å². The molecule has 2 unspecified atom stereocenters. The van der Waals surface area contributed by atoms with Crippen LogP contribution in [0.4, 0.5) is 0 Å². The second-order valence-corrected chi connectivity index (χ2v) is 6.34. The highest BCUT2D eigenvalue weighted by atomic mass is 16.5. The van der Waals surface area contributed by atoms with Gasteiger partial charge in [-0.05, 0) is 25.7 Å². The highest BCUT2D eigenvalue weighted by Gasteiger charge is 2.39. The number of nitrogens with two attached hydrogens (primary N) is 1. The quantitative estimate of drug-likeness (QED) is 0.941. The van der Waals surface area contributed by atoms with E-state index in [1.54, 1.807) is 0 Å². The molecule has 2 saturated heterocycles. The van der Waals surface area contributed by atoms with Crippen LogP contribution in [0.1, 0.15) is 31.4 Å². The first-order chi connectivity index (χ1) is 10.3. The van der Waals surface area contributed by atoms with Crippen molar-refractivity contribution in [2.24, 2.45) is 5.73 Å². The van der Waals surface area contributed by atoms with Crippen LogP contribution in [0.25, 0.3) is 11.3 Å². The predicted octanol–water partition coefficient (Wildman–Crippen LogP) is 2.80. The molecule has 1 aromatic carbocycles. The summed E-state index contributed by atoms with van der Waals surface area (Å²) < 4.78 is 5.50. The van der Waals surface area contributed by atoms with Crippen LogP contribution in [0, 0.1) is 0 Å². The van der Waals surface area contributed by atoms with Crippen molar-refractivity contribution in [3.8, 4) is 11.3 Å². The minimum Gasteiger partial charge on any atom is -0.356 e. The van der Waals surface area contributed by atoms with E-state index < -0.39 is 0 Å². The Balaban J connectivity index is 1.50. The van der Waals surface area contributed by atoms with Crippen LogP contribution in [0.5, 0.6) is 0 Å². The third-order valence-corrected chi connectivity index (χ3v) is 4.88. The number of benzene rings is 1. The first-order valence-electron chi connectivity index (χ1n) is 7.82. The third kappa shape index (κ3) is 2.49. The zero-order valence-corrected chi connectivity index (χ0v) is 12.1. The van der Waals surface area contributed by atoms with Gasteiger partial charge in [0.2, 0.25) is 0 Å². The SMILES string of the molecule is NC1CC2CCC(C1)N2Cc1cc(-c2ccccc2)on1. The summed E-state index contributed by atoms with van der Waals surface area (Å²) in [6, 6.07) is 13.9. The molecular weight excluding hydrogens is 262 g/mol. The van der Waals surface area contributed by atoms with Gasteiger partial charge in [0.1, 0.15) is 0 Å². The molecule has 0 aliphatic carbocycles. The maximum atomic E-state index is 6.13. The molecule has 2 atom stereocenters. The van der Waals surface area contributed by atoms with Gasteiger partial charge >= 0.3 is 0 Å². The number of aromatic nitrogens is 1. The van der Waals surface area contributed by atoms with Crippen molar-refractivity contribution in [2.75, 3.05) is 0 Å². The standard InChI is InChI=1S/C17H21N3O/c18-13-8-15-6-7-16(9-13)20(15)11-14-10-17(21-19-14)12-4-2-1-3-5-12/h1-5,10,13,15-16H,6-9,11,18H2. The number of hydrogen-bond donors (Lipinski definition) is 1. The fourth-order valence-corrected chi connectivity index (χ4v) is 3.89. The van der Waals surface area contributed by atoms with Gasteiger partial charge in [-0.1, -0.05) is 35.5 Å². The molecular formula is C17H21N3O. The van der Waals surface area contributed by atoms with Crippen molar-refractivity contribution < 1.29 is 4.52 Å². The topological polar surface area (TPSA) is 55.3 Å². The molecule has 4 rings (SSSR count). The highest BCUT2D eigenvalue weighted by Crippen LogP contribution is 2.36. The van der Waals surface area contributed by atoms with E-state index in [0.717, 1.165) is 36.4 Å². The molecule has 0 saturated carbocycles. The summed E-state index contributed by atoms with van der Waals surface area (Å²) in [5.74, 6) is 0.853. The molecule has 2 aliphatic rings. The van der Waals surface area contributed by atoms with Crippen LogP contribution < -0.4 is 5.73 Å². The molecule has 1 aromatic heterocycles. The van der Waals surface area contributed by atoms with Gasteiger partial charge in [0.25, 0.3) is 0 Å². The normalized spacial score (nSPS) is 28.9. The average molecular weight is 283 g/mol. The molecule has 2 aromatic rings. The van der Waals surface area contributed by atoms with Gasteiger partial charge in [0.15, 0.2) is 5.76 Å². The summed E-state index contributed by atoms with van der Waals surface area (Å²) in [6.45, 7) is 0.887.